The minimum absolute atomic E-state index is 0.0365. The van der Waals surface area contributed by atoms with Crippen LogP contribution in [-0.4, -0.2) is 54.5 Å². The number of halogens is 4. The van der Waals surface area contributed by atoms with Crippen LogP contribution in [0.15, 0.2) is 42.5 Å². The van der Waals surface area contributed by atoms with Gasteiger partial charge in [-0.1, -0.05) is 76.0 Å². The van der Waals surface area contributed by atoms with Crippen LogP contribution in [0.4, 0.5) is 23.5 Å². The Hall–Kier alpha value is -4.95. The highest BCUT2D eigenvalue weighted by atomic mass is 19.4. The molecule has 11 nitrogen and oxygen atoms in total. The van der Waals surface area contributed by atoms with Crippen LogP contribution in [0.3, 0.4) is 0 Å². The van der Waals surface area contributed by atoms with Gasteiger partial charge >= 0.3 is 6.18 Å². The molecule has 52 heavy (non-hydrogen) atoms. The molecule has 0 fully saturated rings. The number of nitrogens with one attached hydrogen (secondary N) is 4. The second kappa shape index (κ2) is 15.7. The van der Waals surface area contributed by atoms with Crippen molar-refractivity contribution in [2.75, 3.05) is 5.32 Å². The van der Waals surface area contributed by atoms with Gasteiger partial charge in [0.1, 0.15) is 17.1 Å². The quantitative estimate of drug-likeness (QED) is 0.105. The number of hydrogen-bond donors (Lipinski definition) is 4. The third-order valence-corrected chi connectivity index (χ3v) is 10.6. The molecule has 2 unspecified atom stereocenters. The Labute approximate surface area is 298 Å². The Morgan fingerprint density at radius 2 is 1.63 bits per heavy atom. The lowest BCUT2D eigenvalue weighted by Crippen LogP contribution is -2.60. The highest BCUT2D eigenvalue weighted by molar-refractivity contribution is 6.00. The average molecular weight is 726 g/mol. The van der Waals surface area contributed by atoms with Crippen LogP contribution < -0.4 is 10.6 Å². The van der Waals surface area contributed by atoms with Gasteiger partial charge < -0.3 is 10.3 Å². The number of amides is 2. The van der Waals surface area contributed by atoms with Gasteiger partial charge in [-0.3, -0.25) is 24.5 Å². The topological polar surface area (TPSA) is 163 Å². The SMILES string of the molecule is CCC(C)[C@H](CC(=O)[C@@]1(NC(=O)[C@@H](CC(=O)Cc2ccccc2F)C(C)CC)CCc2[nH]c3c(C(F)(F)F)cccc3c2C1)C(=O)Nc1nn[nH]n1. The number of alkyl halides is 3. The summed E-state index contributed by atoms with van der Waals surface area (Å²) in [6, 6.07) is 9.73. The summed E-state index contributed by atoms with van der Waals surface area (Å²) in [5.41, 5.74) is -1.38. The van der Waals surface area contributed by atoms with E-state index in [1.165, 1.54) is 24.3 Å². The van der Waals surface area contributed by atoms with E-state index in [2.05, 4.69) is 36.2 Å². The van der Waals surface area contributed by atoms with Crippen molar-refractivity contribution < 1.29 is 36.7 Å². The maximum Gasteiger partial charge on any atom is 0.418 e. The fourth-order valence-corrected chi connectivity index (χ4v) is 7.11. The number of ketones is 2. The highest BCUT2D eigenvalue weighted by Gasteiger charge is 2.47. The summed E-state index contributed by atoms with van der Waals surface area (Å²) < 4.78 is 56.5. The van der Waals surface area contributed by atoms with E-state index in [0.29, 0.717) is 24.1 Å². The first-order valence-corrected chi connectivity index (χ1v) is 17.5. The Morgan fingerprint density at radius 3 is 2.27 bits per heavy atom. The molecular weight excluding hydrogens is 682 g/mol. The Balaban J connectivity index is 1.51. The number of hydrogen-bond acceptors (Lipinski definition) is 7. The molecule has 1 aliphatic rings. The second-order valence-corrected chi connectivity index (χ2v) is 13.9. The van der Waals surface area contributed by atoms with Crippen LogP contribution in [0.25, 0.3) is 10.9 Å². The van der Waals surface area contributed by atoms with Crippen molar-refractivity contribution in [2.24, 2.45) is 23.7 Å². The fraction of sp³-hybridized carbons (Fsp3) is 0.486. The normalized spacial score (nSPS) is 18.2. The highest BCUT2D eigenvalue weighted by Crippen LogP contribution is 2.41. The molecule has 5 atom stereocenters. The summed E-state index contributed by atoms with van der Waals surface area (Å²) in [5.74, 6) is -4.91. The van der Waals surface area contributed by atoms with Crippen molar-refractivity contribution in [3.05, 3.63) is 70.7 Å². The number of carbonyl (C=O) groups is 4. The molecular formula is C37H43F4N7O4. The van der Waals surface area contributed by atoms with Gasteiger partial charge in [0.15, 0.2) is 5.78 Å². The molecule has 2 amide bonds. The van der Waals surface area contributed by atoms with E-state index >= 15 is 0 Å². The molecule has 0 spiro atoms. The summed E-state index contributed by atoms with van der Waals surface area (Å²) in [5, 5.41) is 19.1. The number of anilines is 1. The third kappa shape index (κ3) is 8.23. The lowest BCUT2D eigenvalue weighted by molar-refractivity contribution is -0.138. The predicted octanol–water partition coefficient (Wildman–Crippen LogP) is 6.31. The van der Waals surface area contributed by atoms with Gasteiger partial charge in [-0.15, -0.1) is 5.10 Å². The average Bonchev–Trinajstić information content (AvgIpc) is 3.76. The van der Waals surface area contributed by atoms with E-state index < -0.39 is 52.5 Å². The van der Waals surface area contributed by atoms with Gasteiger partial charge in [0.05, 0.1) is 11.1 Å². The van der Waals surface area contributed by atoms with E-state index in [-0.39, 0.29) is 78.6 Å². The summed E-state index contributed by atoms with van der Waals surface area (Å²) in [6.07, 6.45) is -4.28. The number of rotatable bonds is 15. The van der Waals surface area contributed by atoms with Crippen molar-refractivity contribution in [3.63, 3.8) is 0 Å². The van der Waals surface area contributed by atoms with Crippen molar-refractivity contribution >= 4 is 40.2 Å². The minimum Gasteiger partial charge on any atom is -0.358 e. The van der Waals surface area contributed by atoms with Gasteiger partial charge in [-0.2, -0.15) is 18.4 Å². The second-order valence-electron chi connectivity index (χ2n) is 13.9. The first kappa shape index (κ1) is 38.3. The smallest absolute Gasteiger partial charge is 0.358 e. The fourth-order valence-electron chi connectivity index (χ4n) is 7.11. The first-order chi connectivity index (χ1) is 24.7. The van der Waals surface area contributed by atoms with E-state index in [1.54, 1.807) is 12.1 Å². The molecule has 15 heteroatoms. The van der Waals surface area contributed by atoms with Gasteiger partial charge in [0, 0.05) is 48.6 Å². The molecule has 2 aromatic carbocycles. The standard InChI is InChI=1S/C37H43F4N7O4/c1-5-20(3)25(17-23(49)16-22-10-7-8-13-29(22)38)34(52)44-36(31(50)18-26(21(4)6-2)33(51)43-35-45-47-48-46-35)15-14-30-27(19-36)24-11-9-12-28(32(24)42-30)37(39,40)41/h7-13,20-21,25-26,42H,5-6,14-19H2,1-4H3,(H,44,52)(H2,43,45,46,47,48,51)/t20?,21?,25-,26-,36+/m0/s1. The van der Waals surface area contributed by atoms with Crippen LogP contribution in [0.5, 0.6) is 0 Å². The molecule has 4 aromatic rings. The molecule has 0 radical (unpaired) electrons. The van der Waals surface area contributed by atoms with Gasteiger partial charge in [0.25, 0.3) is 5.95 Å². The van der Waals surface area contributed by atoms with E-state index in [9.17, 15) is 36.7 Å². The predicted molar refractivity (Wildman–Crippen MR) is 184 cm³/mol. The number of fused-ring (bicyclic) bond motifs is 3. The van der Waals surface area contributed by atoms with Crippen LogP contribution in [0.1, 0.15) is 82.2 Å². The number of aryl methyl sites for hydroxylation is 1. The van der Waals surface area contributed by atoms with Crippen molar-refractivity contribution in [1.29, 1.82) is 0 Å². The minimum atomic E-state index is -4.64. The molecule has 0 aliphatic heterocycles. The molecule has 278 valence electrons. The zero-order valence-corrected chi connectivity index (χ0v) is 29.5. The zero-order valence-electron chi connectivity index (χ0n) is 29.5. The van der Waals surface area contributed by atoms with Crippen LogP contribution in [0, 0.1) is 29.5 Å². The summed E-state index contributed by atoms with van der Waals surface area (Å²) >= 11 is 0. The largest absolute Gasteiger partial charge is 0.418 e. The molecule has 2 aromatic heterocycles. The number of Topliss-reactive ketones (excluding diaryl/α,β-unsaturated/α-hetero) is 2. The molecule has 1 aliphatic carbocycles. The molecule has 2 heterocycles. The van der Waals surface area contributed by atoms with Gasteiger partial charge in [0.2, 0.25) is 11.8 Å². The van der Waals surface area contributed by atoms with Gasteiger partial charge in [-0.25, -0.2) is 4.39 Å². The lowest BCUT2D eigenvalue weighted by atomic mass is 9.72. The number of nitrogens with zero attached hydrogens (tertiary/aromatic N) is 3. The van der Waals surface area contributed by atoms with E-state index in [1.807, 2.05) is 27.7 Å². The number of para-hydroxylation sites is 1. The van der Waals surface area contributed by atoms with Crippen molar-refractivity contribution in [1.82, 2.24) is 30.9 Å². The van der Waals surface area contributed by atoms with E-state index in [0.717, 1.165) is 6.07 Å². The monoisotopic (exact) mass is 725 g/mol. The first-order valence-electron chi connectivity index (χ1n) is 17.5. The number of benzene rings is 2. The molecule has 5 rings (SSSR count). The van der Waals surface area contributed by atoms with Crippen LogP contribution in [-0.2, 0) is 44.6 Å². The van der Waals surface area contributed by atoms with Crippen LogP contribution in [0.2, 0.25) is 0 Å². The number of aromatic nitrogens is 5. The molecule has 0 saturated carbocycles. The maximum absolute atomic E-state index is 14.7. The van der Waals surface area contributed by atoms with Gasteiger partial charge in [-0.05, 0) is 53.2 Å². The Bertz CT molecular complexity index is 1930. The Morgan fingerprint density at radius 1 is 0.942 bits per heavy atom. The van der Waals surface area contributed by atoms with E-state index in [4.69, 9.17) is 0 Å². The number of H-pyrrole nitrogens is 2. The number of tetrazole rings is 1. The lowest BCUT2D eigenvalue weighted by Gasteiger charge is -2.39. The molecule has 0 saturated heterocycles. The Kier molecular flexibility index (Phi) is 11.6. The molecule has 0 bridgehead atoms. The summed E-state index contributed by atoms with van der Waals surface area (Å²) in [7, 11) is 0. The molecule has 4 N–H and O–H groups in total. The summed E-state index contributed by atoms with van der Waals surface area (Å²) in [4.78, 5) is 58.8. The zero-order chi connectivity index (χ0) is 37.8. The van der Waals surface area contributed by atoms with Crippen LogP contribution >= 0.6 is 0 Å². The maximum atomic E-state index is 14.7. The van der Waals surface area contributed by atoms with Crippen molar-refractivity contribution in [3.8, 4) is 0 Å². The van der Waals surface area contributed by atoms with Crippen molar-refractivity contribution in [2.45, 2.75) is 90.8 Å². The number of carbonyl (C=O) groups excluding carboxylic acids is 4. The number of aromatic amines is 2. The summed E-state index contributed by atoms with van der Waals surface area (Å²) in [6.45, 7) is 7.36. The third-order valence-electron chi connectivity index (χ3n) is 10.6.